The van der Waals surface area contributed by atoms with Crippen molar-refractivity contribution in [2.75, 3.05) is 18.6 Å². The maximum Gasteiger partial charge on any atom is 0.277 e. The molecule has 0 saturated heterocycles. The van der Waals surface area contributed by atoms with Crippen LogP contribution < -0.4 is 26.6 Å². The Kier molecular flexibility index (Phi) is 5.80. The molecule has 5 heteroatoms. The Morgan fingerprint density at radius 1 is 1.15 bits per heavy atom. The summed E-state index contributed by atoms with van der Waals surface area (Å²) in [6.45, 7) is 3.11. The van der Waals surface area contributed by atoms with Gasteiger partial charge in [-0.2, -0.15) is 0 Å². The van der Waals surface area contributed by atoms with Gasteiger partial charge >= 0.3 is 0 Å². The van der Waals surface area contributed by atoms with E-state index in [0.717, 1.165) is 25.4 Å². The molecule has 1 aromatic heterocycles. The Morgan fingerprint density at radius 3 is 2.60 bits per heavy atom. The van der Waals surface area contributed by atoms with Crippen LogP contribution in [0.5, 0.6) is 5.75 Å². The zero-order valence-corrected chi connectivity index (χ0v) is 12.2. The van der Waals surface area contributed by atoms with Gasteiger partial charge in [0.25, 0.3) is 5.82 Å². The number of aromatic nitrogens is 1. The average molecular weight is 295 g/mol. The van der Waals surface area contributed by atoms with Crippen LogP contribution >= 0.6 is 0 Å². The first-order valence-corrected chi connectivity index (χ1v) is 6.23. The van der Waals surface area contributed by atoms with Crippen molar-refractivity contribution >= 4 is 5.82 Å². The van der Waals surface area contributed by atoms with Crippen LogP contribution in [0.2, 0.25) is 0 Å². The number of hydrogen-bond acceptors (Lipinski definition) is 2. The van der Waals surface area contributed by atoms with Crippen LogP contribution in [0.1, 0.15) is 5.56 Å². The lowest BCUT2D eigenvalue weighted by molar-refractivity contribution is -0.671. The van der Waals surface area contributed by atoms with Crippen LogP contribution in [0, 0.1) is 0 Å². The maximum atomic E-state index is 5.18. The summed E-state index contributed by atoms with van der Waals surface area (Å²) in [7, 11) is 1.70. The standard InChI is InChI=1S/C15H17N2O.ClH.H2O/c1-18-14-7-5-13(6-8-14)12-17-11-10-16-9-3-2-4-15(16)17;;/h2-9H,10-12H2,1H3;1H;1H2/q+1;;/p-1. The fraction of sp³-hybridized carbons (Fsp3) is 0.267. The van der Waals surface area contributed by atoms with Crippen LogP contribution in [-0.4, -0.2) is 19.1 Å². The van der Waals surface area contributed by atoms with E-state index in [1.54, 1.807) is 7.11 Å². The monoisotopic (exact) mass is 294 g/mol. The summed E-state index contributed by atoms with van der Waals surface area (Å²) in [4.78, 5) is 2.40. The van der Waals surface area contributed by atoms with Crippen molar-refractivity contribution in [3.8, 4) is 5.75 Å². The summed E-state index contributed by atoms with van der Waals surface area (Å²) in [5.74, 6) is 2.21. The van der Waals surface area contributed by atoms with Gasteiger partial charge in [0.15, 0.2) is 0 Å². The van der Waals surface area contributed by atoms with Gasteiger partial charge in [0.2, 0.25) is 0 Å². The molecule has 20 heavy (non-hydrogen) atoms. The second-order valence-electron chi connectivity index (χ2n) is 4.52. The molecule has 0 atom stereocenters. The van der Waals surface area contributed by atoms with Crippen molar-refractivity contribution in [3.63, 3.8) is 0 Å². The van der Waals surface area contributed by atoms with Gasteiger partial charge in [-0.15, -0.1) is 0 Å². The number of rotatable bonds is 3. The van der Waals surface area contributed by atoms with E-state index >= 15 is 0 Å². The molecule has 0 radical (unpaired) electrons. The number of hydrogen-bond donors (Lipinski definition) is 0. The first kappa shape index (κ1) is 16.3. The predicted molar refractivity (Wildman–Crippen MR) is 74.3 cm³/mol. The van der Waals surface area contributed by atoms with E-state index in [2.05, 4.69) is 46.0 Å². The van der Waals surface area contributed by atoms with Crippen molar-refractivity contribution in [1.82, 2.24) is 0 Å². The topological polar surface area (TPSA) is 47.9 Å². The first-order chi connectivity index (χ1) is 8.86. The highest BCUT2D eigenvalue weighted by molar-refractivity contribution is 5.37. The number of nitrogens with zero attached hydrogens (tertiary/aromatic N) is 2. The quantitative estimate of drug-likeness (QED) is 0.626. The van der Waals surface area contributed by atoms with E-state index in [1.165, 1.54) is 11.4 Å². The van der Waals surface area contributed by atoms with Crippen LogP contribution in [0.4, 0.5) is 5.82 Å². The normalized spacial score (nSPS) is 12.2. The molecule has 1 aromatic carbocycles. The van der Waals surface area contributed by atoms with Crippen LogP contribution in [-0.2, 0) is 13.1 Å². The summed E-state index contributed by atoms with van der Waals surface area (Å²) in [6, 6.07) is 14.7. The third-order valence-corrected chi connectivity index (χ3v) is 3.38. The molecule has 3 rings (SSSR count). The molecule has 2 aromatic rings. The smallest absolute Gasteiger partial charge is 0.277 e. The largest absolute Gasteiger partial charge is 1.00 e. The Morgan fingerprint density at radius 2 is 1.90 bits per heavy atom. The van der Waals surface area contributed by atoms with Crippen LogP contribution in [0.3, 0.4) is 0 Å². The molecule has 0 spiro atoms. The van der Waals surface area contributed by atoms with E-state index in [-0.39, 0.29) is 17.9 Å². The van der Waals surface area contributed by atoms with Crippen molar-refractivity contribution < 1.29 is 27.2 Å². The molecule has 0 aliphatic carbocycles. The Labute approximate surface area is 125 Å². The number of fused-ring (bicyclic) bond motifs is 1. The van der Waals surface area contributed by atoms with E-state index in [0.29, 0.717) is 0 Å². The van der Waals surface area contributed by atoms with E-state index in [4.69, 9.17) is 4.74 Å². The van der Waals surface area contributed by atoms with E-state index in [9.17, 15) is 0 Å². The number of pyridine rings is 1. The molecule has 0 saturated carbocycles. The third kappa shape index (κ3) is 3.21. The van der Waals surface area contributed by atoms with E-state index in [1.807, 2.05) is 12.1 Å². The zero-order valence-electron chi connectivity index (χ0n) is 11.4. The van der Waals surface area contributed by atoms with Crippen LogP contribution in [0.15, 0.2) is 48.7 Å². The highest BCUT2D eigenvalue weighted by Gasteiger charge is 2.26. The maximum absolute atomic E-state index is 5.18. The molecule has 0 fully saturated rings. The second kappa shape index (κ2) is 7.12. The minimum atomic E-state index is 0. The molecule has 0 bridgehead atoms. The van der Waals surface area contributed by atoms with Gasteiger partial charge in [0.05, 0.1) is 13.3 Å². The van der Waals surface area contributed by atoms with Gasteiger partial charge in [-0.1, -0.05) is 18.2 Å². The van der Waals surface area contributed by atoms with Gasteiger partial charge in [-0.05, 0) is 23.8 Å². The van der Waals surface area contributed by atoms with Gasteiger partial charge in [0.1, 0.15) is 25.4 Å². The number of halogens is 1. The molecule has 1 aliphatic heterocycles. The molecule has 4 nitrogen and oxygen atoms in total. The third-order valence-electron chi connectivity index (χ3n) is 3.38. The molecule has 0 amide bonds. The Hall–Kier alpha value is -1.78. The minimum absolute atomic E-state index is 0. The molecular weight excluding hydrogens is 276 g/mol. The van der Waals surface area contributed by atoms with Crippen LogP contribution in [0.25, 0.3) is 0 Å². The molecule has 108 valence electrons. The van der Waals surface area contributed by atoms with E-state index < -0.39 is 0 Å². The fourth-order valence-electron chi connectivity index (χ4n) is 2.40. The fourth-order valence-corrected chi connectivity index (χ4v) is 2.40. The van der Waals surface area contributed by atoms with Crippen molar-refractivity contribution in [2.24, 2.45) is 0 Å². The lowest BCUT2D eigenvalue weighted by Gasteiger charge is -2.10. The van der Waals surface area contributed by atoms with Crippen molar-refractivity contribution in [3.05, 3.63) is 54.2 Å². The van der Waals surface area contributed by atoms with Gasteiger partial charge in [-0.3, -0.25) is 4.90 Å². The van der Waals surface area contributed by atoms with Crippen molar-refractivity contribution in [1.29, 1.82) is 0 Å². The van der Waals surface area contributed by atoms with Gasteiger partial charge < -0.3 is 22.6 Å². The van der Waals surface area contributed by atoms with Gasteiger partial charge in [-0.25, -0.2) is 4.57 Å². The Balaban J connectivity index is 0.000001000. The lowest BCUT2D eigenvalue weighted by atomic mass is 10.2. The summed E-state index contributed by atoms with van der Waals surface area (Å²) in [6.07, 6.45) is 2.14. The molecular formula is C15H19ClN2O2. The summed E-state index contributed by atoms with van der Waals surface area (Å²) < 4.78 is 7.47. The molecule has 1 aliphatic rings. The number of ether oxygens (including phenoxy) is 1. The van der Waals surface area contributed by atoms with Crippen molar-refractivity contribution in [2.45, 2.75) is 13.1 Å². The molecule has 2 heterocycles. The lowest BCUT2D eigenvalue weighted by Crippen LogP contribution is -3.00. The summed E-state index contributed by atoms with van der Waals surface area (Å²) in [5.41, 5.74) is 1.31. The highest BCUT2D eigenvalue weighted by atomic mass is 35.5. The predicted octanol–water partition coefficient (Wildman–Crippen LogP) is -1.82. The second-order valence-corrected chi connectivity index (χ2v) is 4.52. The average Bonchev–Trinajstić information content (AvgIpc) is 2.83. The summed E-state index contributed by atoms with van der Waals surface area (Å²) in [5, 5.41) is 0. The number of methoxy groups -OCH3 is 1. The van der Waals surface area contributed by atoms with Gasteiger partial charge in [0, 0.05) is 6.07 Å². The SMILES string of the molecule is COc1ccc(CN2CC[n+]3ccccc32)cc1.O.[Cl-]. The first-order valence-electron chi connectivity index (χ1n) is 6.23. The Bertz CT molecular complexity index is 546. The molecule has 0 unspecified atom stereocenters. The minimum Gasteiger partial charge on any atom is -1.00 e. The summed E-state index contributed by atoms with van der Waals surface area (Å²) >= 11 is 0. The highest BCUT2D eigenvalue weighted by Crippen LogP contribution is 2.18. The number of anilines is 1. The number of benzene rings is 1. The zero-order chi connectivity index (χ0) is 12.4. The molecule has 2 N–H and O–H groups in total.